The van der Waals surface area contributed by atoms with Crippen molar-refractivity contribution in [3.05, 3.63) is 18.7 Å². The molecule has 58 valence electrons. The highest BCUT2D eigenvalue weighted by molar-refractivity contribution is 5.70. The Labute approximate surface area is 63.8 Å². The predicted molar refractivity (Wildman–Crippen MR) is 37.1 cm³/mol. The van der Waals surface area contributed by atoms with Crippen LogP contribution in [0.2, 0.25) is 0 Å². The highest BCUT2D eigenvalue weighted by atomic mass is 16.6. The second-order valence-corrected chi connectivity index (χ2v) is 2.55. The van der Waals surface area contributed by atoms with Gasteiger partial charge in [-0.3, -0.25) is 0 Å². The van der Waals surface area contributed by atoms with Gasteiger partial charge in [-0.05, 0) is 12.8 Å². The third kappa shape index (κ3) is 1.39. The van der Waals surface area contributed by atoms with Gasteiger partial charge in [0.15, 0.2) is 0 Å². The van der Waals surface area contributed by atoms with E-state index < -0.39 is 0 Å². The molecule has 4 nitrogen and oxygen atoms in total. The Hall–Kier alpha value is -1.32. The van der Waals surface area contributed by atoms with E-state index in [2.05, 4.69) is 4.98 Å². The number of carbonyl (C=O) groups excluding carboxylic acids is 1. The summed E-state index contributed by atoms with van der Waals surface area (Å²) in [5.41, 5.74) is 0. The number of rotatable bonds is 1. The lowest BCUT2D eigenvalue weighted by Gasteiger charge is -2.00. The van der Waals surface area contributed by atoms with Crippen LogP contribution in [0.1, 0.15) is 12.8 Å². The van der Waals surface area contributed by atoms with E-state index in [1.807, 2.05) is 0 Å². The molecule has 0 saturated heterocycles. The van der Waals surface area contributed by atoms with Crippen LogP contribution in [0, 0.1) is 0 Å². The van der Waals surface area contributed by atoms with Gasteiger partial charge in [-0.1, -0.05) is 0 Å². The summed E-state index contributed by atoms with van der Waals surface area (Å²) in [4.78, 5) is 14.8. The first kappa shape index (κ1) is 6.39. The normalized spacial score (nSPS) is 16.4. The minimum atomic E-state index is -0.329. The Kier molecular flexibility index (Phi) is 1.38. The number of hydrogen-bond donors (Lipinski definition) is 0. The molecule has 0 amide bonds. The molecule has 2 rings (SSSR count). The molecule has 0 bridgehead atoms. The molecular formula is C7H8N2O2. The molecule has 11 heavy (non-hydrogen) atoms. The van der Waals surface area contributed by atoms with Crippen molar-refractivity contribution >= 4 is 6.09 Å². The van der Waals surface area contributed by atoms with Gasteiger partial charge in [-0.15, -0.1) is 0 Å². The van der Waals surface area contributed by atoms with Gasteiger partial charge < -0.3 is 4.74 Å². The first-order valence-electron chi connectivity index (χ1n) is 3.55. The zero-order chi connectivity index (χ0) is 7.68. The topological polar surface area (TPSA) is 44.1 Å². The highest BCUT2D eigenvalue weighted by Gasteiger charge is 2.26. The van der Waals surface area contributed by atoms with E-state index in [0.717, 1.165) is 12.8 Å². The zero-order valence-corrected chi connectivity index (χ0v) is 5.93. The van der Waals surface area contributed by atoms with Crippen LogP contribution < -0.4 is 0 Å². The average molecular weight is 152 g/mol. The van der Waals surface area contributed by atoms with Crippen molar-refractivity contribution < 1.29 is 9.53 Å². The number of aromatic nitrogens is 2. The first-order valence-corrected chi connectivity index (χ1v) is 3.55. The maximum absolute atomic E-state index is 11.1. The summed E-state index contributed by atoms with van der Waals surface area (Å²) in [6.45, 7) is 0. The quantitative estimate of drug-likeness (QED) is 0.603. The Morgan fingerprint density at radius 1 is 1.64 bits per heavy atom. The summed E-state index contributed by atoms with van der Waals surface area (Å²) in [6.07, 6.45) is 6.39. The van der Waals surface area contributed by atoms with E-state index in [1.54, 1.807) is 12.4 Å². The highest BCUT2D eigenvalue weighted by Crippen LogP contribution is 2.23. The SMILES string of the molecule is O=C(OC1CC1)n1ccnc1. The van der Waals surface area contributed by atoms with E-state index in [-0.39, 0.29) is 12.2 Å². The van der Waals surface area contributed by atoms with Crippen LogP contribution in [0.15, 0.2) is 18.7 Å². The number of nitrogens with zero attached hydrogens (tertiary/aromatic N) is 2. The summed E-state index contributed by atoms with van der Waals surface area (Å²) in [7, 11) is 0. The summed E-state index contributed by atoms with van der Waals surface area (Å²) in [5.74, 6) is 0. The van der Waals surface area contributed by atoms with Crippen LogP contribution in [0.4, 0.5) is 4.79 Å². The monoisotopic (exact) mass is 152 g/mol. The Morgan fingerprint density at radius 3 is 3.00 bits per heavy atom. The van der Waals surface area contributed by atoms with Gasteiger partial charge in [0.1, 0.15) is 12.4 Å². The zero-order valence-electron chi connectivity index (χ0n) is 5.93. The van der Waals surface area contributed by atoms with Crippen LogP contribution in [-0.2, 0) is 4.74 Å². The van der Waals surface area contributed by atoms with Crippen LogP contribution >= 0.6 is 0 Å². The molecule has 1 fully saturated rings. The van der Waals surface area contributed by atoms with Gasteiger partial charge >= 0.3 is 6.09 Å². The molecule has 0 spiro atoms. The molecule has 1 aromatic heterocycles. The molecule has 1 saturated carbocycles. The first-order chi connectivity index (χ1) is 5.36. The predicted octanol–water partition coefficient (Wildman–Crippen LogP) is 1.03. The van der Waals surface area contributed by atoms with Crippen molar-refractivity contribution in [2.24, 2.45) is 0 Å². The third-order valence-electron chi connectivity index (χ3n) is 1.51. The van der Waals surface area contributed by atoms with Gasteiger partial charge in [0.25, 0.3) is 0 Å². The molecule has 0 aromatic carbocycles. The lowest BCUT2D eigenvalue weighted by atomic mass is 10.8. The molecule has 1 aliphatic carbocycles. The van der Waals surface area contributed by atoms with Crippen molar-refractivity contribution in [1.82, 2.24) is 9.55 Å². The van der Waals surface area contributed by atoms with Crippen molar-refractivity contribution in [3.8, 4) is 0 Å². The molecule has 4 heteroatoms. The largest absolute Gasteiger partial charge is 0.446 e. The standard InChI is InChI=1S/C7H8N2O2/c10-7(11-6-1-2-6)9-4-3-8-5-9/h3-6H,1-2H2. The number of imidazole rings is 1. The summed E-state index contributed by atoms with van der Waals surface area (Å²) in [6, 6.07) is 0. The molecule has 1 aliphatic rings. The molecule has 0 atom stereocenters. The van der Waals surface area contributed by atoms with Gasteiger partial charge in [-0.2, -0.15) is 0 Å². The van der Waals surface area contributed by atoms with E-state index >= 15 is 0 Å². The second-order valence-electron chi connectivity index (χ2n) is 2.55. The summed E-state index contributed by atoms with van der Waals surface area (Å²) in [5, 5.41) is 0. The maximum Gasteiger partial charge on any atom is 0.419 e. The van der Waals surface area contributed by atoms with Crippen molar-refractivity contribution in [2.75, 3.05) is 0 Å². The summed E-state index contributed by atoms with van der Waals surface area (Å²) >= 11 is 0. The molecule has 0 radical (unpaired) electrons. The molecule has 1 aromatic rings. The fraction of sp³-hybridized carbons (Fsp3) is 0.429. The van der Waals surface area contributed by atoms with Crippen LogP contribution in [0.3, 0.4) is 0 Å². The Balaban J connectivity index is 1.99. The van der Waals surface area contributed by atoms with Crippen molar-refractivity contribution in [1.29, 1.82) is 0 Å². The number of carbonyl (C=O) groups is 1. The van der Waals surface area contributed by atoms with Crippen LogP contribution in [0.5, 0.6) is 0 Å². The van der Waals surface area contributed by atoms with Gasteiger partial charge in [0, 0.05) is 12.4 Å². The van der Waals surface area contributed by atoms with E-state index in [4.69, 9.17) is 4.74 Å². The molecule has 0 unspecified atom stereocenters. The van der Waals surface area contributed by atoms with Gasteiger partial charge in [0.05, 0.1) is 0 Å². The summed E-state index contributed by atoms with van der Waals surface area (Å²) < 4.78 is 6.32. The maximum atomic E-state index is 11.1. The van der Waals surface area contributed by atoms with Crippen LogP contribution in [-0.4, -0.2) is 21.7 Å². The second kappa shape index (κ2) is 2.38. The fourth-order valence-corrected chi connectivity index (χ4v) is 0.756. The lowest BCUT2D eigenvalue weighted by molar-refractivity contribution is 0.140. The number of hydrogen-bond acceptors (Lipinski definition) is 3. The van der Waals surface area contributed by atoms with E-state index in [0.29, 0.717) is 0 Å². The van der Waals surface area contributed by atoms with Gasteiger partial charge in [0.2, 0.25) is 0 Å². The smallest absolute Gasteiger partial charge is 0.419 e. The number of ether oxygens (including phenoxy) is 1. The van der Waals surface area contributed by atoms with Crippen molar-refractivity contribution in [3.63, 3.8) is 0 Å². The van der Waals surface area contributed by atoms with Gasteiger partial charge in [-0.25, -0.2) is 14.3 Å². The molecule has 0 N–H and O–H groups in total. The molecule has 0 aliphatic heterocycles. The minimum Gasteiger partial charge on any atom is -0.446 e. The van der Waals surface area contributed by atoms with E-state index in [9.17, 15) is 4.79 Å². The van der Waals surface area contributed by atoms with E-state index in [1.165, 1.54) is 10.9 Å². The lowest BCUT2D eigenvalue weighted by Crippen LogP contribution is -2.12. The Morgan fingerprint density at radius 2 is 2.45 bits per heavy atom. The fourth-order valence-electron chi connectivity index (χ4n) is 0.756. The average Bonchev–Trinajstić information content (AvgIpc) is 2.67. The van der Waals surface area contributed by atoms with Crippen LogP contribution in [0.25, 0.3) is 0 Å². The molecule has 1 heterocycles. The molecular weight excluding hydrogens is 144 g/mol. The minimum absolute atomic E-state index is 0.157. The third-order valence-corrected chi connectivity index (χ3v) is 1.51. The Bertz CT molecular complexity index is 251. The van der Waals surface area contributed by atoms with Crippen molar-refractivity contribution in [2.45, 2.75) is 18.9 Å².